The van der Waals surface area contributed by atoms with Crippen molar-refractivity contribution in [3.05, 3.63) is 29.5 Å². The lowest BCUT2D eigenvalue weighted by Crippen LogP contribution is -2.35. The molecule has 2 aliphatic rings. The topological polar surface area (TPSA) is 66.5 Å². The van der Waals surface area contributed by atoms with Gasteiger partial charge in [0.05, 0.1) is 5.70 Å². The standard InChI is InChI=1S/C17H26N2O3S/c1-2-23(21,22)19-13-8-4-7-11-16(18-17(20)12-14-19)15-9-5-3-6-10-15/h2,7,15H,1,3-6,8-10,12-14H2,(H,18,20). The monoisotopic (exact) mass is 338 g/mol. The molecule has 0 aromatic rings. The van der Waals surface area contributed by atoms with E-state index in [4.69, 9.17) is 0 Å². The van der Waals surface area contributed by atoms with E-state index in [0.29, 0.717) is 18.9 Å². The molecule has 1 aliphatic heterocycles. The van der Waals surface area contributed by atoms with Crippen molar-refractivity contribution in [2.75, 3.05) is 13.1 Å². The second-order valence-corrected chi connectivity index (χ2v) is 8.03. The smallest absolute Gasteiger partial charge is 0.235 e. The molecule has 0 bridgehead atoms. The third-order valence-corrected chi connectivity index (χ3v) is 5.97. The van der Waals surface area contributed by atoms with Crippen molar-refractivity contribution in [2.45, 2.75) is 51.4 Å². The van der Waals surface area contributed by atoms with Gasteiger partial charge in [0.25, 0.3) is 0 Å². The van der Waals surface area contributed by atoms with Crippen LogP contribution in [0, 0.1) is 5.92 Å². The first-order valence-corrected chi connectivity index (χ1v) is 9.91. The van der Waals surface area contributed by atoms with Crippen LogP contribution in [0.2, 0.25) is 0 Å². The molecule has 0 aromatic heterocycles. The Morgan fingerprint density at radius 2 is 1.96 bits per heavy atom. The zero-order chi connectivity index (χ0) is 16.7. The highest BCUT2D eigenvalue weighted by atomic mass is 32.2. The number of hydrogen-bond acceptors (Lipinski definition) is 3. The fourth-order valence-electron chi connectivity index (χ4n) is 3.11. The van der Waals surface area contributed by atoms with Gasteiger partial charge in [-0.1, -0.05) is 25.8 Å². The number of hydrogen-bond donors (Lipinski definition) is 1. The number of nitrogens with zero attached hydrogens (tertiary/aromatic N) is 1. The molecule has 128 valence electrons. The summed E-state index contributed by atoms with van der Waals surface area (Å²) in [5.74, 6) is 0.232. The molecule has 1 fully saturated rings. The maximum atomic E-state index is 12.2. The third kappa shape index (κ3) is 5.34. The molecule has 0 spiro atoms. The Morgan fingerprint density at radius 1 is 1.22 bits per heavy atom. The molecule has 0 unspecified atom stereocenters. The first-order valence-electron chi connectivity index (χ1n) is 8.40. The Hall–Kier alpha value is -1.36. The predicted octanol–water partition coefficient (Wildman–Crippen LogP) is 2.68. The Kier molecular flexibility index (Phi) is 6.63. The number of carbonyl (C=O) groups excluding carboxylic acids is 1. The average Bonchev–Trinajstić information content (AvgIpc) is 2.60. The van der Waals surface area contributed by atoms with Crippen molar-refractivity contribution < 1.29 is 13.2 Å². The largest absolute Gasteiger partial charge is 0.323 e. The summed E-state index contributed by atoms with van der Waals surface area (Å²) < 4.78 is 25.3. The van der Waals surface area contributed by atoms with Crippen LogP contribution in [0.5, 0.6) is 0 Å². The van der Waals surface area contributed by atoms with E-state index < -0.39 is 10.0 Å². The van der Waals surface area contributed by atoms with Crippen LogP contribution in [0.1, 0.15) is 51.4 Å². The van der Waals surface area contributed by atoms with Gasteiger partial charge in [-0.05, 0) is 31.8 Å². The Labute approximate surface area is 139 Å². The number of rotatable bonds is 3. The predicted molar refractivity (Wildman–Crippen MR) is 90.9 cm³/mol. The number of nitrogens with one attached hydrogen (secondary N) is 1. The average molecular weight is 338 g/mol. The van der Waals surface area contributed by atoms with Crippen LogP contribution in [0.4, 0.5) is 0 Å². The second-order valence-electron chi connectivity index (χ2n) is 6.15. The fourth-order valence-corrected chi connectivity index (χ4v) is 4.05. The summed E-state index contributed by atoms with van der Waals surface area (Å²) in [6, 6.07) is 0. The second kappa shape index (κ2) is 8.48. The minimum absolute atomic E-state index is 0.141. The van der Waals surface area contributed by atoms with Gasteiger partial charge in [0, 0.05) is 30.8 Å². The van der Waals surface area contributed by atoms with Crippen molar-refractivity contribution in [1.29, 1.82) is 0 Å². The van der Waals surface area contributed by atoms with Crippen LogP contribution >= 0.6 is 0 Å². The molecular formula is C17H26N2O3S. The summed E-state index contributed by atoms with van der Waals surface area (Å²) in [5.41, 5.74) is 4.14. The number of carbonyl (C=O) groups is 1. The lowest BCUT2D eigenvalue weighted by atomic mass is 9.87. The van der Waals surface area contributed by atoms with Gasteiger partial charge in [-0.3, -0.25) is 4.79 Å². The maximum Gasteiger partial charge on any atom is 0.235 e. The SMILES string of the molecule is C=CS(=O)(=O)N1CCCC=C=C(C2CCCCC2)NC(=O)CC1. The molecule has 1 amide bonds. The van der Waals surface area contributed by atoms with Gasteiger partial charge >= 0.3 is 0 Å². The zero-order valence-corrected chi connectivity index (χ0v) is 14.4. The maximum absolute atomic E-state index is 12.2. The lowest BCUT2D eigenvalue weighted by molar-refractivity contribution is -0.120. The molecule has 0 saturated heterocycles. The van der Waals surface area contributed by atoms with Gasteiger partial charge in [0.2, 0.25) is 15.9 Å². The fraction of sp³-hybridized carbons (Fsp3) is 0.647. The molecule has 6 heteroatoms. The molecule has 0 atom stereocenters. The molecular weight excluding hydrogens is 312 g/mol. The van der Waals surface area contributed by atoms with Crippen molar-refractivity contribution >= 4 is 15.9 Å². The van der Waals surface area contributed by atoms with E-state index in [9.17, 15) is 13.2 Å². The van der Waals surface area contributed by atoms with E-state index in [0.717, 1.165) is 30.4 Å². The molecule has 23 heavy (non-hydrogen) atoms. The van der Waals surface area contributed by atoms with Crippen molar-refractivity contribution in [3.63, 3.8) is 0 Å². The molecule has 1 N–H and O–H groups in total. The van der Waals surface area contributed by atoms with Crippen LogP contribution in [-0.4, -0.2) is 31.7 Å². The number of sulfonamides is 1. The highest BCUT2D eigenvalue weighted by molar-refractivity contribution is 7.92. The number of allylic oxidation sites excluding steroid dienone is 1. The third-order valence-electron chi connectivity index (χ3n) is 4.46. The minimum atomic E-state index is -3.48. The quantitative estimate of drug-likeness (QED) is 0.805. The molecule has 1 aliphatic carbocycles. The van der Waals surface area contributed by atoms with E-state index in [1.165, 1.54) is 23.6 Å². The molecule has 0 aromatic carbocycles. The van der Waals surface area contributed by atoms with Gasteiger partial charge in [0.1, 0.15) is 0 Å². The summed E-state index contributed by atoms with van der Waals surface area (Å²) in [6.45, 7) is 3.95. The van der Waals surface area contributed by atoms with E-state index in [1.54, 1.807) is 0 Å². The van der Waals surface area contributed by atoms with Crippen LogP contribution in [0.15, 0.2) is 29.5 Å². The summed E-state index contributed by atoms with van der Waals surface area (Å²) in [6.07, 6.45) is 9.37. The van der Waals surface area contributed by atoms with Gasteiger partial charge < -0.3 is 5.32 Å². The van der Waals surface area contributed by atoms with Gasteiger partial charge in [-0.15, -0.1) is 5.73 Å². The zero-order valence-electron chi connectivity index (χ0n) is 13.6. The molecule has 1 heterocycles. The van der Waals surface area contributed by atoms with Crippen LogP contribution in [-0.2, 0) is 14.8 Å². The normalized spacial score (nSPS) is 22.8. The molecule has 1 saturated carbocycles. The van der Waals surface area contributed by atoms with Gasteiger partial charge in [-0.25, -0.2) is 8.42 Å². The summed E-state index contributed by atoms with van der Waals surface area (Å²) in [5, 5.41) is 3.91. The van der Waals surface area contributed by atoms with Crippen molar-refractivity contribution in [2.24, 2.45) is 5.92 Å². The first-order chi connectivity index (χ1) is 11.0. The van der Waals surface area contributed by atoms with Crippen LogP contribution in [0.3, 0.4) is 0 Å². The van der Waals surface area contributed by atoms with Crippen LogP contribution in [0.25, 0.3) is 0 Å². The highest BCUT2D eigenvalue weighted by Gasteiger charge is 2.22. The Morgan fingerprint density at radius 3 is 2.65 bits per heavy atom. The Balaban J connectivity index is 2.09. The highest BCUT2D eigenvalue weighted by Crippen LogP contribution is 2.28. The van der Waals surface area contributed by atoms with Gasteiger partial charge in [-0.2, -0.15) is 4.31 Å². The Bertz CT molecular complexity index is 597. The number of amides is 1. The minimum Gasteiger partial charge on any atom is -0.323 e. The van der Waals surface area contributed by atoms with Gasteiger partial charge in [0.15, 0.2) is 0 Å². The van der Waals surface area contributed by atoms with Crippen molar-refractivity contribution in [3.8, 4) is 0 Å². The van der Waals surface area contributed by atoms with E-state index in [2.05, 4.69) is 17.6 Å². The molecule has 2 rings (SSSR count). The van der Waals surface area contributed by atoms with Crippen molar-refractivity contribution in [1.82, 2.24) is 9.62 Å². The first kappa shape index (κ1) is 18.0. The van der Waals surface area contributed by atoms with E-state index in [1.807, 2.05) is 6.08 Å². The summed E-state index contributed by atoms with van der Waals surface area (Å²) >= 11 is 0. The summed E-state index contributed by atoms with van der Waals surface area (Å²) in [7, 11) is -3.48. The van der Waals surface area contributed by atoms with Crippen LogP contribution < -0.4 is 5.32 Å². The molecule has 5 nitrogen and oxygen atoms in total. The van der Waals surface area contributed by atoms with E-state index >= 15 is 0 Å². The summed E-state index contributed by atoms with van der Waals surface area (Å²) in [4.78, 5) is 12.2. The molecule has 0 radical (unpaired) electrons. The van der Waals surface area contributed by atoms with E-state index in [-0.39, 0.29) is 18.9 Å². The lowest BCUT2D eigenvalue weighted by Gasteiger charge is -2.24.